The number of carboxylic acid groups (broad SMARTS) is 1. The third kappa shape index (κ3) is 3.96. The first-order valence-electron chi connectivity index (χ1n) is 7.37. The van der Waals surface area contributed by atoms with Gasteiger partial charge in [0, 0.05) is 0 Å². The first-order valence-corrected chi connectivity index (χ1v) is 8.00. The second-order valence-electron chi connectivity index (χ2n) is 4.97. The molecule has 2 rings (SSSR count). The molecule has 0 heterocycles. The molecule has 0 aliphatic carbocycles. The van der Waals surface area contributed by atoms with Crippen molar-refractivity contribution >= 4 is 35.3 Å². The van der Waals surface area contributed by atoms with E-state index in [2.05, 4.69) is 17.9 Å². The van der Waals surface area contributed by atoms with E-state index < -0.39 is 17.9 Å². The molecule has 5 nitrogen and oxygen atoms in total. The van der Waals surface area contributed by atoms with Gasteiger partial charge in [-0.25, -0.2) is 4.79 Å². The number of ether oxygens (including phenoxy) is 1. The van der Waals surface area contributed by atoms with Gasteiger partial charge in [0.25, 0.3) is 5.91 Å². The summed E-state index contributed by atoms with van der Waals surface area (Å²) in [7, 11) is 0. The van der Waals surface area contributed by atoms with Crippen molar-refractivity contribution in [2.45, 2.75) is 19.4 Å². The summed E-state index contributed by atoms with van der Waals surface area (Å²) in [4.78, 5) is 23.9. The zero-order valence-electron chi connectivity index (χ0n) is 12.8. The number of carbonyl (C=O) groups is 2. The fraction of sp³-hybridized carbons (Fsp3) is 0.294. The van der Waals surface area contributed by atoms with Gasteiger partial charge in [-0.3, -0.25) is 4.79 Å². The normalized spacial score (nSPS) is 11.9. The molecule has 0 aromatic heterocycles. The highest BCUT2D eigenvalue weighted by atomic mass is 32.1. The first kappa shape index (κ1) is 17.1. The highest BCUT2D eigenvalue weighted by molar-refractivity contribution is 7.80. The van der Waals surface area contributed by atoms with Gasteiger partial charge in [0.1, 0.15) is 11.8 Å². The largest absolute Gasteiger partial charge is 0.493 e. The van der Waals surface area contributed by atoms with Gasteiger partial charge in [0.15, 0.2) is 0 Å². The van der Waals surface area contributed by atoms with Crippen LogP contribution in [0.1, 0.15) is 23.7 Å². The number of aliphatic carboxylic acids is 1. The van der Waals surface area contributed by atoms with Crippen LogP contribution in [0.25, 0.3) is 10.8 Å². The predicted octanol–water partition coefficient (Wildman–Crippen LogP) is 2.74. The Morgan fingerprint density at radius 1 is 1.26 bits per heavy atom. The van der Waals surface area contributed by atoms with Gasteiger partial charge in [-0.1, -0.05) is 30.3 Å². The van der Waals surface area contributed by atoms with Gasteiger partial charge in [-0.15, -0.1) is 0 Å². The number of carbonyl (C=O) groups excluding carboxylic acids is 1. The van der Waals surface area contributed by atoms with Gasteiger partial charge in [-0.2, -0.15) is 12.6 Å². The number of benzene rings is 2. The van der Waals surface area contributed by atoms with Gasteiger partial charge < -0.3 is 15.2 Å². The molecule has 1 atom stereocenters. The molecular weight excluding hydrogens is 314 g/mol. The van der Waals surface area contributed by atoms with Crippen LogP contribution in [0.3, 0.4) is 0 Å². The van der Waals surface area contributed by atoms with Crippen LogP contribution >= 0.6 is 12.6 Å². The van der Waals surface area contributed by atoms with Crippen molar-refractivity contribution in [3.8, 4) is 5.75 Å². The maximum absolute atomic E-state index is 12.7. The first-order chi connectivity index (χ1) is 11.1. The van der Waals surface area contributed by atoms with E-state index in [9.17, 15) is 14.7 Å². The Labute approximate surface area is 140 Å². The Morgan fingerprint density at radius 2 is 2.00 bits per heavy atom. The summed E-state index contributed by atoms with van der Waals surface area (Å²) in [5.41, 5.74) is 0.357. The lowest BCUT2D eigenvalue weighted by molar-refractivity contribution is -0.139. The van der Waals surface area contributed by atoms with E-state index in [0.29, 0.717) is 23.7 Å². The van der Waals surface area contributed by atoms with Crippen LogP contribution in [-0.4, -0.2) is 35.4 Å². The molecule has 0 spiro atoms. The Hall–Kier alpha value is -2.21. The number of amides is 1. The predicted molar refractivity (Wildman–Crippen MR) is 92.5 cm³/mol. The molecule has 6 heteroatoms. The lowest BCUT2D eigenvalue weighted by Crippen LogP contribution is -2.41. The summed E-state index contributed by atoms with van der Waals surface area (Å²) in [6.45, 7) is 2.25. The Morgan fingerprint density at radius 3 is 2.65 bits per heavy atom. The molecule has 0 saturated heterocycles. The summed E-state index contributed by atoms with van der Waals surface area (Å²) in [5, 5.41) is 13.4. The molecule has 0 aliphatic rings. The van der Waals surface area contributed by atoms with E-state index in [1.807, 2.05) is 37.3 Å². The second-order valence-corrected chi connectivity index (χ2v) is 5.42. The van der Waals surface area contributed by atoms with Crippen molar-refractivity contribution in [3.05, 3.63) is 42.0 Å². The van der Waals surface area contributed by atoms with Crippen molar-refractivity contribution in [2.75, 3.05) is 12.4 Å². The zero-order valence-corrected chi connectivity index (χ0v) is 13.7. The van der Waals surface area contributed by atoms with E-state index in [-0.39, 0.29) is 6.42 Å². The minimum Gasteiger partial charge on any atom is -0.493 e. The summed E-state index contributed by atoms with van der Waals surface area (Å²) < 4.78 is 5.54. The van der Waals surface area contributed by atoms with Crippen LogP contribution in [0.15, 0.2) is 36.4 Å². The van der Waals surface area contributed by atoms with Crippen LogP contribution in [-0.2, 0) is 4.79 Å². The molecule has 2 N–H and O–H groups in total. The number of hydrogen-bond donors (Lipinski definition) is 3. The molecule has 0 radical (unpaired) electrons. The summed E-state index contributed by atoms with van der Waals surface area (Å²) in [6.07, 6.45) is 0.249. The smallest absolute Gasteiger partial charge is 0.326 e. The number of nitrogens with one attached hydrogen (secondary N) is 1. The fourth-order valence-electron chi connectivity index (χ4n) is 2.38. The lowest BCUT2D eigenvalue weighted by Gasteiger charge is -2.17. The van der Waals surface area contributed by atoms with Crippen molar-refractivity contribution in [2.24, 2.45) is 0 Å². The van der Waals surface area contributed by atoms with Gasteiger partial charge in [-0.05, 0) is 35.9 Å². The molecule has 2 aromatic carbocycles. The quantitative estimate of drug-likeness (QED) is 0.681. The SMILES string of the molecule is CCOc1ccc2ccccc2c1C(=O)N[C@@H](CCS)C(=O)O. The standard InChI is InChI=1S/C17H19NO4S/c1-2-22-14-8-7-11-5-3-4-6-12(11)15(14)16(19)18-13(9-10-23)17(20)21/h3-8,13,23H,2,9-10H2,1H3,(H,18,19)(H,20,21)/t13-/m0/s1. The maximum Gasteiger partial charge on any atom is 0.326 e. The van der Waals surface area contributed by atoms with E-state index in [1.165, 1.54) is 0 Å². The van der Waals surface area contributed by atoms with Crippen LogP contribution in [0.5, 0.6) is 5.75 Å². The molecule has 0 fully saturated rings. The number of thiol groups is 1. The van der Waals surface area contributed by atoms with Crippen molar-refractivity contribution in [3.63, 3.8) is 0 Å². The summed E-state index contributed by atoms with van der Waals surface area (Å²) in [5.74, 6) is -0.728. The average Bonchev–Trinajstić information content (AvgIpc) is 2.54. The van der Waals surface area contributed by atoms with Crippen LogP contribution < -0.4 is 10.1 Å². The maximum atomic E-state index is 12.7. The molecule has 122 valence electrons. The number of hydrogen-bond acceptors (Lipinski definition) is 4. The van der Waals surface area contributed by atoms with E-state index in [4.69, 9.17) is 4.74 Å². The number of rotatable bonds is 7. The average molecular weight is 333 g/mol. The monoisotopic (exact) mass is 333 g/mol. The number of fused-ring (bicyclic) bond motifs is 1. The molecule has 0 unspecified atom stereocenters. The van der Waals surface area contributed by atoms with Gasteiger partial charge in [0.05, 0.1) is 12.2 Å². The molecular formula is C17H19NO4S. The van der Waals surface area contributed by atoms with Crippen LogP contribution in [0, 0.1) is 0 Å². The lowest BCUT2D eigenvalue weighted by atomic mass is 10.0. The highest BCUT2D eigenvalue weighted by Crippen LogP contribution is 2.28. The van der Waals surface area contributed by atoms with Crippen molar-refractivity contribution < 1.29 is 19.4 Å². The third-order valence-electron chi connectivity index (χ3n) is 3.44. The zero-order chi connectivity index (χ0) is 16.8. The van der Waals surface area contributed by atoms with Crippen LogP contribution in [0.4, 0.5) is 0 Å². The minimum atomic E-state index is -1.08. The van der Waals surface area contributed by atoms with Crippen molar-refractivity contribution in [1.82, 2.24) is 5.32 Å². The summed E-state index contributed by atoms with van der Waals surface area (Å²) >= 11 is 4.04. The number of carboxylic acids is 1. The minimum absolute atomic E-state index is 0.249. The Balaban J connectivity index is 2.44. The Kier molecular flexibility index (Phi) is 5.87. The fourth-order valence-corrected chi connectivity index (χ4v) is 2.64. The Bertz CT molecular complexity index is 717. The van der Waals surface area contributed by atoms with E-state index in [1.54, 1.807) is 6.07 Å². The van der Waals surface area contributed by atoms with E-state index in [0.717, 1.165) is 10.8 Å². The highest BCUT2D eigenvalue weighted by Gasteiger charge is 2.23. The summed E-state index contributed by atoms with van der Waals surface area (Å²) in [6, 6.07) is 10.1. The van der Waals surface area contributed by atoms with Crippen LogP contribution in [0.2, 0.25) is 0 Å². The molecule has 0 saturated carbocycles. The third-order valence-corrected chi connectivity index (χ3v) is 3.70. The molecule has 23 heavy (non-hydrogen) atoms. The second kappa shape index (κ2) is 7.87. The molecule has 1 amide bonds. The van der Waals surface area contributed by atoms with Crippen molar-refractivity contribution in [1.29, 1.82) is 0 Å². The van der Waals surface area contributed by atoms with E-state index >= 15 is 0 Å². The molecule has 0 aliphatic heterocycles. The molecule has 0 bridgehead atoms. The van der Waals surface area contributed by atoms with Gasteiger partial charge >= 0.3 is 5.97 Å². The van der Waals surface area contributed by atoms with Gasteiger partial charge in [0.2, 0.25) is 0 Å². The molecule has 2 aromatic rings. The topological polar surface area (TPSA) is 75.6 Å².